The zero-order chi connectivity index (χ0) is 17.7. The summed E-state index contributed by atoms with van der Waals surface area (Å²) in [4.78, 5) is 2.48. The van der Waals surface area contributed by atoms with Crippen LogP contribution >= 0.6 is 15.9 Å². The zero-order valence-electron chi connectivity index (χ0n) is 14.8. The van der Waals surface area contributed by atoms with Crippen LogP contribution in [-0.4, -0.2) is 41.0 Å². The highest BCUT2D eigenvalue weighted by Gasteiger charge is 2.51. The molecule has 1 fully saturated rings. The Morgan fingerprint density at radius 1 is 1.27 bits per heavy atom. The molecular formula is C20H22BrN3O2. The normalized spacial score (nSPS) is 24.2. The number of hydrogen-bond donors (Lipinski definition) is 0. The monoisotopic (exact) mass is 415 g/mol. The molecule has 4 heterocycles. The van der Waals surface area contributed by atoms with Gasteiger partial charge in [0.1, 0.15) is 17.2 Å². The SMILES string of the molecule is CCN1CCC2(CC1)Oc1ccc(Br)cc1[C@H]1CC(c3ccco3)=NN12. The Balaban J connectivity index is 1.57. The molecule has 0 aliphatic carbocycles. The maximum atomic E-state index is 6.63. The summed E-state index contributed by atoms with van der Waals surface area (Å²) in [6, 6.07) is 10.4. The summed E-state index contributed by atoms with van der Waals surface area (Å²) in [6.07, 6.45) is 4.48. The van der Waals surface area contributed by atoms with Gasteiger partial charge in [-0.05, 0) is 36.9 Å². The van der Waals surface area contributed by atoms with Crippen molar-refractivity contribution < 1.29 is 9.15 Å². The molecule has 136 valence electrons. The fourth-order valence-electron chi connectivity index (χ4n) is 4.39. The molecule has 0 saturated carbocycles. The van der Waals surface area contributed by atoms with Gasteiger partial charge in [-0.1, -0.05) is 22.9 Å². The van der Waals surface area contributed by atoms with E-state index in [0.29, 0.717) is 0 Å². The van der Waals surface area contributed by atoms with Crippen molar-refractivity contribution in [3.8, 4) is 5.75 Å². The zero-order valence-corrected chi connectivity index (χ0v) is 16.4. The van der Waals surface area contributed by atoms with Crippen molar-refractivity contribution in [2.45, 2.75) is 38.0 Å². The van der Waals surface area contributed by atoms with Crippen LogP contribution in [0.3, 0.4) is 0 Å². The third-order valence-corrected chi connectivity index (χ3v) is 6.34. The highest BCUT2D eigenvalue weighted by atomic mass is 79.9. The second-order valence-electron chi connectivity index (χ2n) is 7.25. The average Bonchev–Trinajstić information content (AvgIpc) is 3.33. The fourth-order valence-corrected chi connectivity index (χ4v) is 4.77. The molecule has 0 bridgehead atoms. The minimum Gasteiger partial charge on any atom is -0.466 e. The number of likely N-dealkylation sites (tertiary alicyclic amines) is 1. The third kappa shape index (κ3) is 2.50. The van der Waals surface area contributed by atoms with Crippen molar-refractivity contribution in [3.63, 3.8) is 0 Å². The molecule has 3 aliphatic rings. The Hall–Kier alpha value is -1.79. The van der Waals surface area contributed by atoms with Gasteiger partial charge >= 0.3 is 0 Å². The standard InChI is InChI=1S/C20H22BrN3O2/c1-2-23-9-7-20(8-10-23)24-17(13-16(22-24)19-4-3-11-25-19)15-12-14(21)5-6-18(15)26-20/h3-6,11-12,17H,2,7-10,13H2,1H3/t17-/m1/s1. The number of ether oxygens (including phenoxy) is 1. The number of halogens is 1. The first kappa shape index (κ1) is 16.4. The van der Waals surface area contributed by atoms with Crippen molar-refractivity contribution >= 4 is 21.6 Å². The van der Waals surface area contributed by atoms with Crippen LogP contribution in [-0.2, 0) is 0 Å². The lowest BCUT2D eigenvalue weighted by atomic mass is 9.91. The van der Waals surface area contributed by atoms with Crippen LogP contribution in [0.2, 0.25) is 0 Å². The first-order valence-electron chi connectivity index (χ1n) is 9.30. The number of furan rings is 1. The lowest BCUT2D eigenvalue weighted by Crippen LogP contribution is -2.59. The summed E-state index contributed by atoms with van der Waals surface area (Å²) in [5.41, 5.74) is 1.85. The van der Waals surface area contributed by atoms with Gasteiger partial charge in [-0.15, -0.1) is 0 Å². The molecule has 5 nitrogen and oxygen atoms in total. The van der Waals surface area contributed by atoms with E-state index in [9.17, 15) is 0 Å². The van der Waals surface area contributed by atoms with Crippen LogP contribution in [0.4, 0.5) is 0 Å². The topological polar surface area (TPSA) is 41.2 Å². The number of piperidine rings is 1. The molecule has 2 aromatic rings. The molecule has 3 aliphatic heterocycles. The van der Waals surface area contributed by atoms with E-state index in [1.54, 1.807) is 6.26 Å². The van der Waals surface area contributed by atoms with Gasteiger partial charge in [0.15, 0.2) is 0 Å². The van der Waals surface area contributed by atoms with Gasteiger partial charge in [-0.25, -0.2) is 5.01 Å². The lowest BCUT2D eigenvalue weighted by Gasteiger charge is -2.51. The maximum Gasteiger partial charge on any atom is 0.200 e. The number of rotatable bonds is 2. The maximum absolute atomic E-state index is 6.63. The molecule has 0 N–H and O–H groups in total. The van der Waals surface area contributed by atoms with E-state index in [1.165, 1.54) is 5.56 Å². The van der Waals surface area contributed by atoms with Crippen LogP contribution in [0.15, 0.2) is 50.6 Å². The molecule has 26 heavy (non-hydrogen) atoms. The van der Waals surface area contributed by atoms with Crippen LogP contribution in [0.1, 0.15) is 43.6 Å². The summed E-state index contributed by atoms with van der Waals surface area (Å²) in [5.74, 6) is 1.85. The molecule has 1 spiro atoms. The van der Waals surface area contributed by atoms with E-state index in [-0.39, 0.29) is 11.8 Å². The second-order valence-corrected chi connectivity index (χ2v) is 8.17. The summed E-state index contributed by atoms with van der Waals surface area (Å²) in [7, 11) is 0. The Kier molecular flexibility index (Phi) is 3.87. The second kappa shape index (κ2) is 6.13. The predicted octanol–water partition coefficient (Wildman–Crippen LogP) is 4.40. The molecule has 0 amide bonds. The Labute approximate surface area is 161 Å². The van der Waals surface area contributed by atoms with Crippen molar-refractivity contribution in [2.75, 3.05) is 19.6 Å². The first-order chi connectivity index (χ1) is 12.7. The van der Waals surface area contributed by atoms with E-state index in [0.717, 1.165) is 60.6 Å². The molecule has 0 radical (unpaired) electrons. The minimum absolute atomic E-state index is 0.199. The van der Waals surface area contributed by atoms with Crippen LogP contribution < -0.4 is 4.74 Å². The molecule has 5 rings (SSSR count). The minimum atomic E-state index is -0.356. The first-order valence-corrected chi connectivity index (χ1v) is 10.1. The molecular weight excluding hydrogens is 394 g/mol. The van der Waals surface area contributed by atoms with Crippen molar-refractivity contribution in [2.24, 2.45) is 5.10 Å². The third-order valence-electron chi connectivity index (χ3n) is 5.85. The van der Waals surface area contributed by atoms with Crippen LogP contribution in [0, 0.1) is 0 Å². The van der Waals surface area contributed by atoms with Gasteiger partial charge in [-0.2, -0.15) is 5.10 Å². The Bertz CT molecular complexity index is 841. The number of benzene rings is 1. The average molecular weight is 416 g/mol. The number of hydrogen-bond acceptors (Lipinski definition) is 5. The van der Waals surface area contributed by atoms with Crippen molar-refractivity contribution in [1.82, 2.24) is 9.91 Å². The van der Waals surface area contributed by atoms with Crippen LogP contribution in [0.5, 0.6) is 5.75 Å². The fraction of sp³-hybridized carbons (Fsp3) is 0.450. The van der Waals surface area contributed by atoms with Crippen molar-refractivity contribution in [1.29, 1.82) is 0 Å². The quantitative estimate of drug-likeness (QED) is 0.728. The number of fused-ring (bicyclic) bond motifs is 4. The molecule has 0 unspecified atom stereocenters. The van der Waals surface area contributed by atoms with E-state index in [2.05, 4.69) is 51.0 Å². The predicted molar refractivity (Wildman–Crippen MR) is 103 cm³/mol. The number of hydrazone groups is 1. The van der Waals surface area contributed by atoms with Gasteiger partial charge in [0.25, 0.3) is 0 Å². The summed E-state index contributed by atoms with van der Waals surface area (Å²) in [6.45, 7) is 5.39. The van der Waals surface area contributed by atoms with E-state index in [4.69, 9.17) is 14.3 Å². The van der Waals surface area contributed by atoms with Gasteiger partial charge < -0.3 is 14.1 Å². The molecule has 1 aromatic carbocycles. The van der Waals surface area contributed by atoms with Gasteiger partial charge in [0.2, 0.25) is 5.72 Å². The summed E-state index contributed by atoms with van der Waals surface area (Å²) >= 11 is 3.61. The summed E-state index contributed by atoms with van der Waals surface area (Å²) in [5, 5.41) is 7.24. The molecule has 6 heteroatoms. The summed E-state index contributed by atoms with van der Waals surface area (Å²) < 4.78 is 13.3. The Morgan fingerprint density at radius 3 is 2.85 bits per heavy atom. The Morgan fingerprint density at radius 2 is 2.12 bits per heavy atom. The smallest absolute Gasteiger partial charge is 0.200 e. The molecule has 1 saturated heterocycles. The molecule has 1 atom stereocenters. The van der Waals surface area contributed by atoms with E-state index >= 15 is 0 Å². The van der Waals surface area contributed by atoms with E-state index in [1.807, 2.05) is 12.1 Å². The van der Waals surface area contributed by atoms with E-state index < -0.39 is 0 Å². The lowest BCUT2D eigenvalue weighted by molar-refractivity contribution is -0.149. The van der Waals surface area contributed by atoms with Gasteiger partial charge in [0.05, 0.1) is 12.3 Å². The highest BCUT2D eigenvalue weighted by Crippen LogP contribution is 2.50. The number of nitrogens with zero attached hydrogens (tertiary/aromatic N) is 3. The van der Waals surface area contributed by atoms with Gasteiger partial charge in [-0.3, -0.25) is 0 Å². The van der Waals surface area contributed by atoms with Gasteiger partial charge in [0, 0.05) is 42.4 Å². The van der Waals surface area contributed by atoms with Crippen molar-refractivity contribution in [3.05, 3.63) is 52.4 Å². The highest BCUT2D eigenvalue weighted by molar-refractivity contribution is 9.10. The van der Waals surface area contributed by atoms with Crippen LogP contribution in [0.25, 0.3) is 0 Å². The molecule has 1 aromatic heterocycles. The largest absolute Gasteiger partial charge is 0.466 e.